The topological polar surface area (TPSA) is 127 Å². The molecule has 1 aliphatic heterocycles. The normalized spacial score (nSPS) is 17.9. The third-order valence-corrected chi connectivity index (χ3v) is 7.36. The van der Waals surface area contributed by atoms with Crippen molar-refractivity contribution in [1.82, 2.24) is 16.0 Å². The molecule has 9 nitrogen and oxygen atoms in total. The zero-order valence-electron chi connectivity index (χ0n) is 22.2. The summed E-state index contributed by atoms with van der Waals surface area (Å²) >= 11 is 0. The second-order valence-electron chi connectivity index (χ2n) is 10.5. The van der Waals surface area contributed by atoms with Gasteiger partial charge < -0.3 is 25.1 Å². The van der Waals surface area contributed by atoms with Gasteiger partial charge in [-0.05, 0) is 37.3 Å². The van der Waals surface area contributed by atoms with Crippen molar-refractivity contribution in [2.24, 2.45) is 11.8 Å². The third kappa shape index (κ3) is 6.55. The average molecular weight is 590 g/mol. The smallest absolute Gasteiger partial charge is 0.287 e. The van der Waals surface area contributed by atoms with Gasteiger partial charge in [-0.1, -0.05) is 31.0 Å². The molecule has 3 aromatic rings. The van der Waals surface area contributed by atoms with Crippen LogP contribution in [-0.4, -0.2) is 48.7 Å². The number of rotatable bonds is 12. The number of amides is 3. The molecule has 3 atom stereocenters. The Morgan fingerprint density at radius 2 is 1.67 bits per heavy atom. The van der Waals surface area contributed by atoms with Crippen LogP contribution in [0.15, 0.2) is 40.8 Å². The average Bonchev–Trinajstić information content (AvgIpc) is 3.52. The number of ether oxygens (including phenoxy) is 1. The maximum Gasteiger partial charge on any atom is 0.287 e. The molecule has 5 rings (SSSR count). The van der Waals surface area contributed by atoms with E-state index in [0.717, 1.165) is 12.8 Å². The highest BCUT2D eigenvalue weighted by atomic mass is 19.2. The van der Waals surface area contributed by atoms with Crippen molar-refractivity contribution in [3.05, 3.63) is 65.4 Å². The second-order valence-corrected chi connectivity index (χ2v) is 10.5. The lowest BCUT2D eigenvalue weighted by atomic mass is 9.95. The fourth-order valence-electron chi connectivity index (χ4n) is 4.86. The highest BCUT2D eigenvalue weighted by Crippen LogP contribution is 2.34. The molecule has 2 aliphatic rings. The molecular formula is C29H27F4N3O6. The first-order valence-corrected chi connectivity index (χ1v) is 13.5. The zero-order chi connectivity index (χ0) is 30.0. The van der Waals surface area contributed by atoms with Gasteiger partial charge in [0.2, 0.25) is 23.4 Å². The summed E-state index contributed by atoms with van der Waals surface area (Å²) in [6, 6.07) is 6.07. The first kappa shape index (κ1) is 29.1. The lowest BCUT2D eigenvalue weighted by molar-refractivity contribution is -0.131. The Bertz CT molecular complexity index is 1480. The number of ketones is 1. The maximum atomic E-state index is 14.1. The van der Waals surface area contributed by atoms with E-state index in [1.165, 1.54) is 6.07 Å². The van der Waals surface area contributed by atoms with Gasteiger partial charge in [0.1, 0.15) is 18.2 Å². The Morgan fingerprint density at radius 1 is 0.952 bits per heavy atom. The van der Waals surface area contributed by atoms with Gasteiger partial charge in [0.25, 0.3) is 5.91 Å². The molecule has 3 amide bonds. The first-order valence-electron chi connectivity index (χ1n) is 13.5. The predicted molar refractivity (Wildman–Crippen MR) is 139 cm³/mol. The van der Waals surface area contributed by atoms with Crippen LogP contribution < -0.4 is 20.7 Å². The van der Waals surface area contributed by atoms with Gasteiger partial charge in [0, 0.05) is 23.9 Å². The zero-order valence-corrected chi connectivity index (χ0v) is 22.2. The van der Waals surface area contributed by atoms with Crippen LogP contribution in [0.4, 0.5) is 17.6 Å². The fourth-order valence-corrected chi connectivity index (χ4v) is 4.86. The van der Waals surface area contributed by atoms with Gasteiger partial charge in [0.05, 0.1) is 6.04 Å². The summed E-state index contributed by atoms with van der Waals surface area (Å²) in [6.07, 6.45) is 2.17. The Hall–Kier alpha value is -4.42. The largest absolute Gasteiger partial charge is 0.479 e. The van der Waals surface area contributed by atoms with Crippen molar-refractivity contribution in [3.63, 3.8) is 0 Å². The molecule has 2 aromatic carbocycles. The number of furan rings is 1. The van der Waals surface area contributed by atoms with Gasteiger partial charge in [-0.3, -0.25) is 19.2 Å². The number of hydrogen-bond acceptors (Lipinski definition) is 6. The second kappa shape index (κ2) is 12.2. The number of benzene rings is 2. The van der Waals surface area contributed by atoms with Crippen molar-refractivity contribution in [3.8, 4) is 5.75 Å². The molecular weight excluding hydrogens is 562 g/mol. The molecule has 0 bridgehead atoms. The minimum absolute atomic E-state index is 0.000723. The highest BCUT2D eigenvalue weighted by molar-refractivity contribution is 5.99. The molecule has 1 saturated carbocycles. The minimum Gasteiger partial charge on any atom is -0.479 e. The number of fused-ring (bicyclic) bond motifs is 1. The number of halogens is 4. The number of hydrogen-bond donors (Lipinski definition) is 3. The number of nitrogens with one attached hydrogen (secondary N) is 3. The predicted octanol–water partition coefficient (Wildman–Crippen LogP) is 3.55. The van der Waals surface area contributed by atoms with Crippen molar-refractivity contribution in [2.75, 3.05) is 13.2 Å². The van der Waals surface area contributed by atoms with Crippen LogP contribution in [0.5, 0.6) is 5.75 Å². The molecule has 0 radical (unpaired) electrons. The van der Waals surface area contributed by atoms with E-state index < -0.39 is 71.2 Å². The molecule has 3 N–H and O–H groups in total. The summed E-state index contributed by atoms with van der Waals surface area (Å²) in [7, 11) is 0. The van der Waals surface area contributed by atoms with Crippen LogP contribution in [0.1, 0.15) is 42.7 Å². The lowest BCUT2D eigenvalue weighted by Crippen LogP contribution is -2.53. The van der Waals surface area contributed by atoms with E-state index in [0.29, 0.717) is 23.9 Å². The number of Topliss-reactive ketones (excluding diaryl/α,β-unsaturated/α-hetero) is 1. The molecule has 2 fully saturated rings. The van der Waals surface area contributed by atoms with Gasteiger partial charge in [-0.25, -0.2) is 8.78 Å². The molecule has 1 aromatic heterocycles. The summed E-state index contributed by atoms with van der Waals surface area (Å²) in [5, 5.41) is 8.50. The number of para-hydroxylation sites is 1. The van der Waals surface area contributed by atoms with Crippen LogP contribution in [0.2, 0.25) is 0 Å². The van der Waals surface area contributed by atoms with E-state index >= 15 is 0 Å². The molecule has 1 aliphatic carbocycles. The van der Waals surface area contributed by atoms with Gasteiger partial charge in [-0.2, -0.15) is 8.78 Å². The first-order chi connectivity index (χ1) is 20.1. The van der Waals surface area contributed by atoms with Crippen LogP contribution in [0.3, 0.4) is 0 Å². The van der Waals surface area contributed by atoms with Gasteiger partial charge >= 0.3 is 0 Å². The van der Waals surface area contributed by atoms with Crippen LogP contribution in [-0.2, 0) is 14.4 Å². The lowest BCUT2D eigenvalue weighted by Gasteiger charge is -2.24. The summed E-state index contributed by atoms with van der Waals surface area (Å²) in [5.41, 5.74) is 0.484. The monoisotopic (exact) mass is 589 g/mol. The molecule has 42 heavy (non-hydrogen) atoms. The third-order valence-electron chi connectivity index (χ3n) is 7.36. The van der Waals surface area contributed by atoms with E-state index in [-0.39, 0.29) is 36.5 Å². The molecule has 2 unspecified atom stereocenters. The summed E-state index contributed by atoms with van der Waals surface area (Å²) in [6.45, 7) is -0.708. The van der Waals surface area contributed by atoms with E-state index in [1.807, 2.05) is 0 Å². The quantitative estimate of drug-likeness (QED) is 0.219. The number of carbonyl (C=O) groups is 4. The molecule has 13 heteroatoms. The summed E-state index contributed by atoms with van der Waals surface area (Å²) in [4.78, 5) is 51.8. The van der Waals surface area contributed by atoms with E-state index in [9.17, 15) is 36.7 Å². The van der Waals surface area contributed by atoms with Crippen LogP contribution in [0.25, 0.3) is 11.0 Å². The SMILES string of the molecule is O=C(N[C@@H](CC1CC1)C(=O)NC(CC1CCNC1=O)C(=O)COc1c(F)c(F)cc(F)c1F)c1cc2ccccc2o1. The van der Waals surface area contributed by atoms with E-state index in [2.05, 4.69) is 16.0 Å². The standard InChI is InChI=1S/C29H27F4N3O6/c30-17-12-18(31)25(33)26(24(17)32)41-13-21(37)19(10-16-7-8-34-27(16)38)35-28(39)20(9-14-5-6-14)36-29(40)23-11-15-3-1-2-4-22(15)42-23/h1-4,11-12,14,16,19-20H,5-10,13H2,(H,34,38)(H,35,39)(H,36,40)/t16?,19?,20-/m0/s1. The molecule has 2 heterocycles. The van der Waals surface area contributed by atoms with Crippen molar-refractivity contribution >= 4 is 34.5 Å². The summed E-state index contributed by atoms with van der Waals surface area (Å²) < 4.78 is 65.7. The number of carbonyl (C=O) groups excluding carboxylic acids is 4. The van der Waals surface area contributed by atoms with Gasteiger partial charge in [0.15, 0.2) is 28.9 Å². The Balaban J connectivity index is 1.31. The van der Waals surface area contributed by atoms with Gasteiger partial charge in [-0.15, -0.1) is 0 Å². The maximum absolute atomic E-state index is 14.1. The minimum atomic E-state index is -1.82. The van der Waals surface area contributed by atoms with E-state index in [1.54, 1.807) is 24.3 Å². The van der Waals surface area contributed by atoms with Crippen molar-refractivity contribution in [2.45, 2.75) is 44.2 Å². The molecule has 0 spiro atoms. The van der Waals surface area contributed by atoms with E-state index in [4.69, 9.17) is 9.15 Å². The van der Waals surface area contributed by atoms with Crippen molar-refractivity contribution in [1.29, 1.82) is 0 Å². The summed E-state index contributed by atoms with van der Waals surface area (Å²) in [5.74, 6) is -11.6. The highest BCUT2D eigenvalue weighted by Gasteiger charge is 2.36. The van der Waals surface area contributed by atoms with Crippen LogP contribution >= 0.6 is 0 Å². The fraction of sp³-hybridized carbons (Fsp3) is 0.379. The van der Waals surface area contributed by atoms with Crippen molar-refractivity contribution < 1.29 is 45.9 Å². The Kier molecular flexibility index (Phi) is 8.46. The van der Waals surface area contributed by atoms with Crippen LogP contribution in [0, 0.1) is 35.1 Å². The molecule has 222 valence electrons. The Labute approximate surface area is 236 Å². The Morgan fingerprint density at radius 3 is 2.31 bits per heavy atom. The molecule has 1 saturated heterocycles.